The summed E-state index contributed by atoms with van der Waals surface area (Å²) in [5.41, 5.74) is 7.46. The third-order valence-corrected chi connectivity index (χ3v) is 7.13. The molecule has 1 aliphatic carbocycles. The van der Waals surface area contributed by atoms with Gasteiger partial charge in [0.2, 0.25) is 11.8 Å². The van der Waals surface area contributed by atoms with Crippen LogP contribution >= 0.6 is 0 Å². The number of rotatable bonds is 4. The van der Waals surface area contributed by atoms with Crippen LogP contribution in [0.3, 0.4) is 0 Å². The molecule has 4 rings (SSSR count). The molecule has 0 spiro atoms. The van der Waals surface area contributed by atoms with Crippen LogP contribution in [0.5, 0.6) is 0 Å². The average molecular weight is 406 g/mol. The summed E-state index contributed by atoms with van der Waals surface area (Å²) >= 11 is 0. The fraction of sp³-hybridized carbons (Fsp3) is 0.480. The minimum Gasteiger partial charge on any atom is -0.369 e. The first kappa shape index (κ1) is 20.6. The number of amides is 2. The van der Waals surface area contributed by atoms with E-state index < -0.39 is 16.7 Å². The maximum atomic E-state index is 14.1. The van der Waals surface area contributed by atoms with Crippen molar-refractivity contribution in [1.29, 1.82) is 0 Å². The number of carbonyl (C=O) groups is 2. The normalized spacial score (nSPS) is 23.7. The Kier molecular flexibility index (Phi) is 5.63. The molecule has 2 aromatic rings. The number of hydrogen-bond acceptors (Lipinski definition) is 3. The molecule has 1 saturated heterocycles. The topological polar surface area (TPSA) is 76.3 Å². The molecular formula is C25H31N3O2. The molecule has 1 atom stereocenters. The molecule has 2 fully saturated rings. The molecule has 1 aliphatic heterocycles. The van der Waals surface area contributed by atoms with Crippen LogP contribution in [0.2, 0.25) is 0 Å². The summed E-state index contributed by atoms with van der Waals surface area (Å²) in [5.74, 6) is -0.251. The number of benzene rings is 1. The fourth-order valence-electron chi connectivity index (χ4n) is 5.37. The molecule has 1 aromatic heterocycles. The number of hydrogen-bond donors (Lipinski definition) is 1. The zero-order valence-electron chi connectivity index (χ0n) is 17.8. The van der Waals surface area contributed by atoms with Gasteiger partial charge in [0.05, 0.1) is 11.1 Å². The Labute approximate surface area is 178 Å². The van der Waals surface area contributed by atoms with Gasteiger partial charge in [0, 0.05) is 19.3 Å². The summed E-state index contributed by atoms with van der Waals surface area (Å²) in [6, 6.07) is 14.0. The SMILES string of the molecule is Cc1ccc(C2(C(=O)N3CCC[C@](C(N)=O)(c4ccccn4)C3)CCCCC2)cc1. The van der Waals surface area contributed by atoms with Crippen LogP contribution in [-0.2, 0) is 20.4 Å². The van der Waals surface area contributed by atoms with Crippen LogP contribution in [-0.4, -0.2) is 34.8 Å². The Morgan fingerprint density at radius 1 is 0.933 bits per heavy atom. The fourth-order valence-corrected chi connectivity index (χ4v) is 5.37. The number of aromatic nitrogens is 1. The van der Waals surface area contributed by atoms with Crippen molar-refractivity contribution >= 4 is 11.8 Å². The predicted molar refractivity (Wildman–Crippen MR) is 117 cm³/mol. The van der Waals surface area contributed by atoms with Crippen LogP contribution in [0.1, 0.15) is 61.8 Å². The van der Waals surface area contributed by atoms with Gasteiger partial charge in [-0.05, 0) is 50.3 Å². The van der Waals surface area contributed by atoms with E-state index in [1.807, 2.05) is 23.1 Å². The Bertz CT molecular complexity index is 904. The van der Waals surface area contributed by atoms with E-state index in [1.165, 1.54) is 12.0 Å². The van der Waals surface area contributed by atoms with Crippen LogP contribution in [0.25, 0.3) is 0 Å². The lowest BCUT2D eigenvalue weighted by atomic mass is 9.67. The molecule has 2 N–H and O–H groups in total. The van der Waals surface area contributed by atoms with E-state index in [0.29, 0.717) is 25.2 Å². The smallest absolute Gasteiger partial charge is 0.233 e. The largest absolute Gasteiger partial charge is 0.369 e. The monoisotopic (exact) mass is 405 g/mol. The highest BCUT2D eigenvalue weighted by Gasteiger charge is 2.49. The van der Waals surface area contributed by atoms with Crippen LogP contribution < -0.4 is 5.73 Å². The molecule has 0 radical (unpaired) electrons. The van der Waals surface area contributed by atoms with E-state index in [1.54, 1.807) is 6.20 Å². The van der Waals surface area contributed by atoms with Crippen molar-refractivity contribution in [3.05, 3.63) is 65.5 Å². The van der Waals surface area contributed by atoms with Crippen molar-refractivity contribution in [2.24, 2.45) is 5.73 Å². The summed E-state index contributed by atoms with van der Waals surface area (Å²) in [5, 5.41) is 0. The molecule has 5 nitrogen and oxygen atoms in total. The lowest BCUT2D eigenvalue weighted by Crippen LogP contribution is -2.59. The van der Waals surface area contributed by atoms with Crippen LogP contribution in [0, 0.1) is 6.92 Å². The first-order valence-electron chi connectivity index (χ1n) is 11.1. The molecule has 2 heterocycles. The van der Waals surface area contributed by atoms with E-state index in [-0.39, 0.29) is 5.91 Å². The van der Waals surface area contributed by atoms with Gasteiger partial charge >= 0.3 is 0 Å². The van der Waals surface area contributed by atoms with Gasteiger partial charge in [-0.1, -0.05) is 55.2 Å². The van der Waals surface area contributed by atoms with Crippen molar-refractivity contribution < 1.29 is 9.59 Å². The highest BCUT2D eigenvalue weighted by molar-refractivity contribution is 5.91. The van der Waals surface area contributed by atoms with Gasteiger partial charge in [-0.15, -0.1) is 0 Å². The number of nitrogens with two attached hydrogens (primary N) is 1. The van der Waals surface area contributed by atoms with Crippen molar-refractivity contribution in [1.82, 2.24) is 9.88 Å². The summed E-state index contributed by atoms with van der Waals surface area (Å²) in [4.78, 5) is 33.1. The van der Waals surface area contributed by atoms with E-state index in [4.69, 9.17) is 5.73 Å². The van der Waals surface area contributed by atoms with E-state index >= 15 is 0 Å². The average Bonchev–Trinajstić information content (AvgIpc) is 2.80. The van der Waals surface area contributed by atoms with Gasteiger partial charge in [0.25, 0.3) is 0 Å². The molecule has 0 unspecified atom stereocenters. The van der Waals surface area contributed by atoms with E-state index in [0.717, 1.165) is 37.7 Å². The number of aryl methyl sites for hydroxylation is 1. The number of nitrogens with zero attached hydrogens (tertiary/aromatic N) is 2. The molecule has 1 saturated carbocycles. The summed E-state index contributed by atoms with van der Waals surface area (Å²) < 4.78 is 0. The number of likely N-dealkylation sites (tertiary alicyclic amines) is 1. The lowest BCUT2D eigenvalue weighted by molar-refractivity contribution is -0.143. The minimum absolute atomic E-state index is 0.146. The number of carbonyl (C=O) groups excluding carboxylic acids is 2. The molecule has 30 heavy (non-hydrogen) atoms. The number of pyridine rings is 1. The van der Waals surface area contributed by atoms with Crippen LogP contribution in [0.15, 0.2) is 48.7 Å². The van der Waals surface area contributed by atoms with Gasteiger partial charge in [0.15, 0.2) is 0 Å². The number of piperidine rings is 1. The second kappa shape index (κ2) is 8.21. The zero-order valence-corrected chi connectivity index (χ0v) is 17.8. The van der Waals surface area contributed by atoms with Crippen molar-refractivity contribution in [2.45, 2.75) is 62.7 Å². The van der Waals surface area contributed by atoms with E-state index in [2.05, 4.69) is 36.2 Å². The predicted octanol–water partition coefficient (Wildman–Crippen LogP) is 3.64. The van der Waals surface area contributed by atoms with Crippen LogP contribution in [0.4, 0.5) is 0 Å². The maximum Gasteiger partial charge on any atom is 0.233 e. The highest BCUT2D eigenvalue weighted by Crippen LogP contribution is 2.43. The second-order valence-corrected chi connectivity index (χ2v) is 9.00. The Morgan fingerprint density at radius 3 is 2.27 bits per heavy atom. The molecule has 158 valence electrons. The Balaban J connectivity index is 1.70. The molecule has 0 bridgehead atoms. The van der Waals surface area contributed by atoms with Crippen molar-refractivity contribution in [3.8, 4) is 0 Å². The minimum atomic E-state index is -0.918. The maximum absolute atomic E-state index is 14.1. The van der Waals surface area contributed by atoms with Gasteiger partial charge in [-0.25, -0.2) is 0 Å². The lowest BCUT2D eigenvalue weighted by Gasteiger charge is -2.46. The number of primary amides is 1. The highest BCUT2D eigenvalue weighted by atomic mass is 16.2. The van der Waals surface area contributed by atoms with Gasteiger partial charge in [-0.2, -0.15) is 0 Å². The van der Waals surface area contributed by atoms with Crippen molar-refractivity contribution in [2.75, 3.05) is 13.1 Å². The van der Waals surface area contributed by atoms with Gasteiger partial charge in [0.1, 0.15) is 5.41 Å². The van der Waals surface area contributed by atoms with Gasteiger partial charge < -0.3 is 10.6 Å². The Morgan fingerprint density at radius 2 is 1.63 bits per heavy atom. The van der Waals surface area contributed by atoms with E-state index in [9.17, 15) is 9.59 Å². The molecule has 5 heteroatoms. The summed E-state index contributed by atoms with van der Waals surface area (Å²) in [7, 11) is 0. The first-order valence-corrected chi connectivity index (χ1v) is 11.1. The molecule has 2 aliphatic rings. The molecule has 1 aromatic carbocycles. The second-order valence-electron chi connectivity index (χ2n) is 9.00. The summed E-state index contributed by atoms with van der Waals surface area (Å²) in [6.07, 6.45) is 8.05. The van der Waals surface area contributed by atoms with Crippen molar-refractivity contribution in [3.63, 3.8) is 0 Å². The molecule has 2 amide bonds. The first-order chi connectivity index (χ1) is 14.5. The molecular weight excluding hydrogens is 374 g/mol. The third-order valence-electron chi connectivity index (χ3n) is 7.13. The van der Waals surface area contributed by atoms with Gasteiger partial charge in [-0.3, -0.25) is 14.6 Å². The standard InChI is InChI=1S/C25H31N3O2/c1-19-9-11-20(12-10-19)24(13-4-2-5-14-24)23(30)28-17-7-15-25(18-28,22(26)29)21-8-3-6-16-27-21/h3,6,8-12,16H,2,4-5,7,13-15,17-18H2,1H3,(H2,26,29)/t25-/m1/s1. The quantitative estimate of drug-likeness (QED) is 0.844. The summed E-state index contributed by atoms with van der Waals surface area (Å²) in [6.45, 7) is 3.04. The third kappa shape index (κ3) is 3.51. The Hall–Kier alpha value is -2.69. The zero-order chi connectivity index (χ0) is 21.2.